The smallest absolute Gasteiger partial charge is 0.241 e. The van der Waals surface area contributed by atoms with Crippen molar-refractivity contribution in [2.75, 3.05) is 21.0 Å². The van der Waals surface area contributed by atoms with E-state index in [0.717, 1.165) is 5.56 Å². The second kappa shape index (κ2) is 9.57. The molecule has 1 heterocycles. The standard InChI is InChI=1S/C22H28N2O6S/c1-15(2)11-19(23-31(26,27)18-8-6-17(28-4)7-9-18)22(25)24(3)13-16-5-10-20-21(12-16)30-14-29-20/h5-10,12,15,19,23H,11,13-14H2,1-4H3. The van der Waals surface area contributed by atoms with Crippen LogP contribution in [0.5, 0.6) is 17.2 Å². The van der Waals surface area contributed by atoms with E-state index in [0.29, 0.717) is 30.2 Å². The first kappa shape index (κ1) is 22.9. The number of benzene rings is 2. The van der Waals surface area contributed by atoms with Crippen LogP contribution in [0.1, 0.15) is 25.8 Å². The summed E-state index contributed by atoms with van der Waals surface area (Å²) in [5.41, 5.74) is 0.862. The number of rotatable bonds is 9. The van der Waals surface area contributed by atoms with Gasteiger partial charge in [-0.25, -0.2) is 8.42 Å². The molecule has 0 radical (unpaired) electrons. The minimum Gasteiger partial charge on any atom is -0.497 e. The molecule has 168 valence electrons. The first-order chi connectivity index (χ1) is 14.7. The van der Waals surface area contributed by atoms with Gasteiger partial charge in [-0.2, -0.15) is 4.72 Å². The molecule has 1 amide bonds. The number of nitrogens with one attached hydrogen (secondary N) is 1. The molecule has 3 rings (SSSR count). The average Bonchev–Trinajstić information content (AvgIpc) is 3.20. The molecule has 8 nitrogen and oxygen atoms in total. The SMILES string of the molecule is COc1ccc(S(=O)(=O)NC(CC(C)C)C(=O)N(C)Cc2ccc3c(c2)OCO3)cc1. The predicted octanol–water partition coefficient (Wildman–Crippen LogP) is 2.78. The molecule has 0 fully saturated rings. The van der Waals surface area contributed by atoms with E-state index in [1.165, 1.54) is 24.1 Å². The monoisotopic (exact) mass is 448 g/mol. The second-order valence-electron chi connectivity index (χ2n) is 7.86. The van der Waals surface area contributed by atoms with Crippen LogP contribution in [0, 0.1) is 5.92 Å². The van der Waals surface area contributed by atoms with Gasteiger partial charge >= 0.3 is 0 Å². The van der Waals surface area contributed by atoms with Crippen LogP contribution in [0.4, 0.5) is 0 Å². The minimum atomic E-state index is -3.88. The Morgan fingerprint density at radius 3 is 2.45 bits per heavy atom. The number of hydrogen-bond acceptors (Lipinski definition) is 6. The number of hydrogen-bond donors (Lipinski definition) is 1. The summed E-state index contributed by atoms with van der Waals surface area (Å²) in [6.07, 6.45) is 0.375. The molecule has 2 aromatic rings. The molecule has 0 aromatic heterocycles. The molecule has 1 N–H and O–H groups in total. The van der Waals surface area contributed by atoms with Crippen molar-refractivity contribution in [3.63, 3.8) is 0 Å². The van der Waals surface area contributed by atoms with Gasteiger partial charge in [0.1, 0.15) is 11.8 Å². The number of nitrogens with zero attached hydrogens (tertiary/aromatic N) is 1. The van der Waals surface area contributed by atoms with E-state index in [1.54, 1.807) is 25.2 Å². The van der Waals surface area contributed by atoms with E-state index in [9.17, 15) is 13.2 Å². The quantitative estimate of drug-likeness (QED) is 0.634. The summed E-state index contributed by atoms with van der Waals surface area (Å²) < 4.78 is 44.1. The summed E-state index contributed by atoms with van der Waals surface area (Å²) in [5.74, 6) is 1.67. The van der Waals surface area contributed by atoms with E-state index in [1.807, 2.05) is 26.0 Å². The van der Waals surface area contributed by atoms with E-state index in [2.05, 4.69) is 4.72 Å². The topological polar surface area (TPSA) is 94.2 Å². The molecule has 1 aliphatic rings. The van der Waals surface area contributed by atoms with Gasteiger partial charge in [0, 0.05) is 13.6 Å². The van der Waals surface area contributed by atoms with Crippen molar-refractivity contribution in [3.05, 3.63) is 48.0 Å². The van der Waals surface area contributed by atoms with Crippen molar-refractivity contribution in [2.24, 2.45) is 5.92 Å². The van der Waals surface area contributed by atoms with E-state index >= 15 is 0 Å². The summed E-state index contributed by atoms with van der Waals surface area (Å²) in [7, 11) is -0.715. The fraction of sp³-hybridized carbons (Fsp3) is 0.409. The molecule has 31 heavy (non-hydrogen) atoms. The number of carbonyl (C=O) groups excluding carboxylic acids is 1. The van der Waals surface area contributed by atoms with Crippen LogP contribution in [0.2, 0.25) is 0 Å². The Morgan fingerprint density at radius 1 is 1.13 bits per heavy atom. The summed E-state index contributed by atoms with van der Waals surface area (Å²) in [5, 5.41) is 0. The van der Waals surface area contributed by atoms with Crippen LogP contribution < -0.4 is 18.9 Å². The van der Waals surface area contributed by atoms with Crippen molar-refractivity contribution < 1.29 is 27.4 Å². The highest BCUT2D eigenvalue weighted by Crippen LogP contribution is 2.32. The Balaban J connectivity index is 1.74. The maximum atomic E-state index is 13.1. The molecule has 9 heteroatoms. The summed E-state index contributed by atoms with van der Waals surface area (Å²) in [4.78, 5) is 14.7. The second-order valence-corrected chi connectivity index (χ2v) is 9.57. The van der Waals surface area contributed by atoms with Crippen LogP contribution in [0.25, 0.3) is 0 Å². The molecule has 0 bridgehead atoms. The molecule has 2 aromatic carbocycles. The highest BCUT2D eigenvalue weighted by Gasteiger charge is 2.29. The lowest BCUT2D eigenvalue weighted by molar-refractivity contribution is -0.132. The van der Waals surface area contributed by atoms with Crippen LogP contribution >= 0.6 is 0 Å². The highest BCUT2D eigenvalue weighted by atomic mass is 32.2. The molecule has 0 saturated carbocycles. The molecule has 1 aliphatic heterocycles. The molecule has 0 saturated heterocycles. The third-order valence-electron chi connectivity index (χ3n) is 4.91. The number of methoxy groups -OCH3 is 1. The number of likely N-dealkylation sites (N-methyl/N-ethyl adjacent to an activating group) is 1. The van der Waals surface area contributed by atoms with Crippen molar-refractivity contribution in [1.29, 1.82) is 0 Å². The summed E-state index contributed by atoms with van der Waals surface area (Å²) in [6.45, 7) is 4.38. The minimum absolute atomic E-state index is 0.0771. The van der Waals surface area contributed by atoms with Crippen molar-refractivity contribution in [1.82, 2.24) is 9.62 Å². The Labute approximate surface area is 183 Å². The molecule has 0 aliphatic carbocycles. The lowest BCUT2D eigenvalue weighted by atomic mass is 10.0. The van der Waals surface area contributed by atoms with Gasteiger partial charge < -0.3 is 19.1 Å². The van der Waals surface area contributed by atoms with Crippen molar-refractivity contribution in [2.45, 2.75) is 37.8 Å². The number of sulfonamides is 1. The van der Waals surface area contributed by atoms with Crippen LogP contribution in [-0.2, 0) is 21.4 Å². The first-order valence-corrected chi connectivity index (χ1v) is 11.5. The lowest BCUT2D eigenvalue weighted by Gasteiger charge is -2.26. The van der Waals surface area contributed by atoms with Gasteiger partial charge in [0.05, 0.1) is 12.0 Å². The third kappa shape index (κ3) is 5.68. The van der Waals surface area contributed by atoms with Gasteiger partial charge in [0.15, 0.2) is 11.5 Å². The van der Waals surface area contributed by atoms with Crippen molar-refractivity contribution in [3.8, 4) is 17.2 Å². The summed E-state index contributed by atoms with van der Waals surface area (Å²) in [6, 6.07) is 10.6. The number of fused-ring (bicyclic) bond motifs is 1. The van der Waals surface area contributed by atoms with Crippen LogP contribution in [0.15, 0.2) is 47.4 Å². The highest BCUT2D eigenvalue weighted by molar-refractivity contribution is 7.89. The van der Waals surface area contributed by atoms with E-state index < -0.39 is 16.1 Å². The first-order valence-electron chi connectivity index (χ1n) is 9.99. The molecule has 1 unspecified atom stereocenters. The number of ether oxygens (including phenoxy) is 3. The zero-order valence-electron chi connectivity index (χ0n) is 18.1. The van der Waals surface area contributed by atoms with Gasteiger partial charge in [0.25, 0.3) is 0 Å². The summed E-state index contributed by atoms with van der Waals surface area (Å²) >= 11 is 0. The van der Waals surface area contributed by atoms with Gasteiger partial charge in [0.2, 0.25) is 22.7 Å². The van der Waals surface area contributed by atoms with Crippen LogP contribution in [0.3, 0.4) is 0 Å². The molecule has 0 spiro atoms. The number of amides is 1. The Kier molecular flexibility index (Phi) is 7.07. The Bertz CT molecular complexity index is 1020. The Morgan fingerprint density at radius 2 is 1.81 bits per heavy atom. The lowest BCUT2D eigenvalue weighted by Crippen LogP contribution is -2.47. The fourth-order valence-electron chi connectivity index (χ4n) is 3.34. The third-order valence-corrected chi connectivity index (χ3v) is 6.39. The van der Waals surface area contributed by atoms with Crippen molar-refractivity contribution >= 4 is 15.9 Å². The maximum Gasteiger partial charge on any atom is 0.241 e. The zero-order valence-corrected chi connectivity index (χ0v) is 18.9. The maximum absolute atomic E-state index is 13.1. The van der Waals surface area contributed by atoms with E-state index in [-0.39, 0.29) is 23.5 Å². The van der Waals surface area contributed by atoms with E-state index in [4.69, 9.17) is 14.2 Å². The fourth-order valence-corrected chi connectivity index (χ4v) is 4.54. The normalized spacial score (nSPS) is 13.8. The number of carbonyl (C=O) groups is 1. The average molecular weight is 449 g/mol. The zero-order chi connectivity index (χ0) is 22.6. The van der Waals surface area contributed by atoms with Gasteiger partial charge in [-0.05, 0) is 54.3 Å². The van der Waals surface area contributed by atoms with Gasteiger partial charge in [-0.1, -0.05) is 19.9 Å². The predicted molar refractivity (Wildman–Crippen MR) is 116 cm³/mol. The molecular formula is C22H28N2O6S. The van der Waals surface area contributed by atoms with Crippen LogP contribution in [-0.4, -0.2) is 46.2 Å². The largest absolute Gasteiger partial charge is 0.497 e. The van der Waals surface area contributed by atoms with Gasteiger partial charge in [-0.15, -0.1) is 0 Å². The molecule has 1 atom stereocenters. The Hall–Kier alpha value is -2.78. The van der Waals surface area contributed by atoms with Gasteiger partial charge in [-0.3, -0.25) is 4.79 Å². The molecular weight excluding hydrogens is 420 g/mol.